The van der Waals surface area contributed by atoms with Crippen LogP contribution in [0.2, 0.25) is 0 Å². The molecule has 0 aliphatic rings. The van der Waals surface area contributed by atoms with E-state index in [0.29, 0.717) is 39.3 Å². The fourth-order valence-electron chi connectivity index (χ4n) is 2.78. The molecule has 0 radical (unpaired) electrons. The summed E-state index contributed by atoms with van der Waals surface area (Å²) in [7, 11) is 0. The van der Waals surface area contributed by atoms with Gasteiger partial charge in [0, 0.05) is 22.5 Å². The van der Waals surface area contributed by atoms with E-state index >= 15 is 0 Å². The van der Waals surface area contributed by atoms with Crippen molar-refractivity contribution < 1.29 is 18.7 Å². The van der Waals surface area contributed by atoms with Crippen molar-refractivity contribution in [2.75, 3.05) is 17.2 Å². The summed E-state index contributed by atoms with van der Waals surface area (Å²) >= 11 is 8.64. The molecule has 0 heterocycles. The Kier molecular flexibility index (Phi) is 8.51. The average molecular weight is 530 g/mol. The molecule has 0 aliphatic carbocycles. The number of thiocarbonyl (C=S) groups is 1. The molecule has 0 atom stereocenters. The molecule has 3 rings (SSSR count). The minimum absolute atomic E-state index is 0.0820. The van der Waals surface area contributed by atoms with Crippen LogP contribution in [0.4, 0.5) is 15.8 Å². The zero-order chi connectivity index (χ0) is 23.8. The smallest absolute Gasteiger partial charge is 0.257 e. The summed E-state index contributed by atoms with van der Waals surface area (Å²) in [5.74, 6) is -0.483. The lowest BCUT2D eigenvalue weighted by molar-refractivity contribution is 0.0976. The highest BCUT2D eigenvalue weighted by molar-refractivity contribution is 9.10. The molecule has 170 valence electrons. The number of carbonyl (C=O) groups is 2. The Morgan fingerprint density at radius 3 is 2.36 bits per heavy atom. The second-order valence-electron chi connectivity index (χ2n) is 6.94. The van der Waals surface area contributed by atoms with Gasteiger partial charge in [0.2, 0.25) is 0 Å². The number of benzene rings is 3. The minimum Gasteiger partial charge on any atom is -0.492 e. The number of ether oxygens (including phenoxy) is 1. The fourth-order valence-corrected chi connectivity index (χ4v) is 3.49. The van der Waals surface area contributed by atoms with Crippen LogP contribution in [-0.2, 0) is 0 Å². The molecule has 0 aliphatic heterocycles. The Morgan fingerprint density at radius 2 is 1.67 bits per heavy atom. The lowest BCUT2D eigenvalue weighted by Crippen LogP contribution is -2.34. The van der Waals surface area contributed by atoms with Crippen molar-refractivity contribution >= 4 is 56.4 Å². The molecular weight excluding hydrogens is 509 g/mol. The molecule has 3 aromatic rings. The molecule has 0 fully saturated rings. The van der Waals surface area contributed by atoms with E-state index < -0.39 is 0 Å². The molecule has 0 spiro atoms. The number of hydrogen-bond acceptors (Lipinski definition) is 4. The minimum atomic E-state index is -0.388. The van der Waals surface area contributed by atoms with Crippen LogP contribution in [0.25, 0.3) is 0 Å². The second kappa shape index (κ2) is 11.5. The number of anilines is 2. The molecule has 9 heteroatoms. The van der Waals surface area contributed by atoms with E-state index in [-0.39, 0.29) is 22.7 Å². The number of halogens is 2. The van der Waals surface area contributed by atoms with Crippen LogP contribution in [0, 0.1) is 5.82 Å². The molecule has 0 aromatic heterocycles. The third kappa shape index (κ3) is 7.10. The maximum absolute atomic E-state index is 13.0. The van der Waals surface area contributed by atoms with E-state index in [4.69, 9.17) is 17.0 Å². The van der Waals surface area contributed by atoms with Crippen LogP contribution >= 0.6 is 28.1 Å². The first-order valence-electron chi connectivity index (χ1n) is 10.1. The van der Waals surface area contributed by atoms with E-state index in [0.717, 1.165) is 6.42 Å². The molecule has 3 aromatic carbocycles. The van der Waals surface area contributed by atoms with Crippen LogP contribution < -0.4 is 20.7 Å². The van der Waals surface area contributed by atoms with Gasteiger partial charge in [0.05, 0.1) is 11.1 Å². The molecule has 3 N–H and O–H groups in total. The Hall–Kier alpha value is -3.30. The summed E-state index contributed by atoms with van der Waals surface area (Å²) < 4.78 is 19.3. The van der Waals surface area contributed by atoms with Gasteiger partial charge in [0.25, 0.3) is 11.8 Å². The lowest BCUT2D eigenvalue weighted by atomic mass is 10.2. The Balaban J connectivity index is 1.60. The zero-order valence-corrected chi connectivity index (χ0v) is 20.1. The van der Waals surface area contributed by atoms with Crippen molar-refractivity contribution in [3.8, 4) is 5.75 Å². The van der Waals surface area contributed by atoms with Crippen molar-refractivity contribution in [2.24, 2.45) is 0 Å². The molecule has 6 nitrogen and oxygen atoms in total. The molecule has 0 bridgehead atoms. The Bertz CT molecular complexity index is 1170. The molecule has 0 saturated heterocycles. The van der Waals surface area contributed by atoms with E-state index in [9.17, 15) is 14.0 Å². The van der Waals surface area contributed by atoms with Crippen molar-refractivity contribution in [3.05, 3.63) is 88.1 Å². The Morgan fingerprint density at radius 1 is 0.939 bits per heavy atom. The summed E-state index contributed by atoms with van der Waals surface area (Å²) in [4.78, 5) is 25.0. The number of amides is 2. The van der Waals surface area contributed by atoms with Gasteiger partial charge in [-0.3, -0.25) is 14.9 Å². The summed E-state index contributed by atoms with van der Waals surface area (Å²) in [5.41, 5.74) is 1.77. The van der Waals surface area contributed by atoms with Gasteiger partial charge in [-0.2, -0.15) is 0 Å². The standard InChI is InChI=1S/C24H21BrFN3O3S/c1-2-12-32-21-11-6-16(14-20(21)25)23(31)29-24(33)28-19-5-3-4-15(13-19)22(30)27-18-9-7-17(26)8-10-18/h3-11,13-14H,2,12H2,1H3,(H,27,30)(H2,28,29,31,33). The predicted molar refractivity (Wildman–Crippen MR) is 134 cm³/mol. The average Bonchev–Trinajstić information content (AvgIpc) is 2.79. The number of hydrogen-bond donors (Lipinski definition) is 3. The van der Waals surface area contributed by atoms with E-state index in [2.05, 4.69) is 31.9 Å². The summed E-state index contributed by atoms with van der Waals surface area (Å²) in [6, 6.07) is 17.1. The zero-order valence-electron chi connectivity index (χ0n) is 17.7. The Labute approximate surface area is 204 Å². The molecule has 33 heavy (non-hydrogen) atoms. The molecule has 0 saturated carbocycles. The van der Waals surface area contributed by atoms with E-state index in [1.165, 1.54) is 24.3 Å². The van der Waals surface area contributed by atoms with Gasteiger partial charge in [0.15, 0.2) is 5.11 Å². The van der Waals surface area contributed by atoms with Crippen LogP contribution in [0.1, 0.15) is 34.1 Å². The van der Waals surface area contributed by atoms with Gasteiger partial charge in [-0.1, -0.05) is 13.0 Å². The van der Waals surface area contributed by atoms with Crippen molar-refractivity contribution in [3.63, 3.8) is 0 Å². The number of carbonyl (C=O) groups excluding carboxylic acids is 2. The maximum atomic E-state index is 13.0. The third-order valence-corrected chi connectivity index (χ3v) is 5.19. The first-order chi connectivity index (χ1) is 15.9. The van der Waals surface area contributed by atoms with Gasteiger partial charge in [-0.25, -0.2) is 4.39 Å². The van der Waals surface area contributed by atoms with E-state index in [1.807, 2.05) is 6.92 Å². The monoisotopic (exact) mass is 529 g/mol. The van der Waals surface area contributed by atoms with Crippen molar-refractivity contribution in [2.45, 2.75) is 13.3 Å². The highest BCUT2D eigenvalue weighted by Gasteiger charge is 2.12. The van der Waals surface area contributed by atoms with Gasteiger partial charge in [-0.15, -0.1) is 0 Å². The van der Waals surface area contributed by atoms with Crippen LogP contribution in [0.3, 0.4) is 0 Å². The summed E-state index contributed by atoms with van der Waals surface area (Å²) in [5, 5.41) is 8.28. The maximum Gasteiger partial charge on any atom is 0.257 e. The topological polar surface area (TPSA) is 79.5 Å². The number of nitrogens with one attached hydrogen (secondary N) is 3. The first kappa shape index (κ1) is 24.3. The van der Waals surface area contributed by atoms with Crippen molar-refractivity contribution in [1.29, 1.82) is 0 Å². The molecular formula is C24H21BrFN3O3S. The quantitative estimate of drug-likeness (QED) is 0.339. The van der Waals surface area contributed by atoms with Crippen molar-refractivity contribution in [1.82, 2.24) is 5.32 Å². The van der Waals surface area contributed by atoms with Crippen LogP contribution in [0.5, 0.6) is 5.75 Å². The number of rotatable bonds is 7. The van der Waals surface area contributed by atoms with Gasteiger partial charge in [-0.05, 0) is 95.2 Å². The van der Waals surface area contributed by atoms with Gasteiger partial charge in [0.1, 0.15) is 11.6 Å². The molecule has 0 unspecified atom stereocenters. The largest absolute Gasteiger partial charge is 0.492 e. The molecule has 2 amide bonds. The summed E-state index contributed by atoms with van der Waals surface area (Å²) in [6.45, 7) is 2.59. The summed E-state index contributed by atoms with van der Waals surface area (Å²) in [6.07, 6.45) is 0.879. The van der Waals surface area contributed by atoms with Gasteiger partial charge < -0.3 is 15.4 Å². The highest BCUT2D eigenvalue weighted by Crippen LogP contribution is 2.26. The first-order valence-corrected chi connectivity index (χ1v) is 11.3. The fraction of sp³-hybridized carbons (Fsp3) is 0.125. The second-order valence-corrected chi connectivity index (χ2v) is 8.21. The van der Waals surface area contributed by atoms with Gasteiger partial charge >= 0.3 is 0 Å². The SMILES string of the molecule is CCCOc1ccc(C(=O)NC(=S)Nc2cccc(C(=O)Nc3ccc(F)cc3)c2)cc1Br. The highest BCUT2D eigenvalue weighted by atomic mass is 79.9. The third-order valence-electron chi connectivity index (χ3n) is 4.37. The normalized spacial score (nSPS) is 10.3. The van der Waals surface area contributed by atoms with E-state index in [1.54, 1.807) is 42.5 Å². The predicted octanol–water partition coefficient (Wildman–Crippen LogP) is 5.76. The van der Waals surface area contributed by atoms with Crippen LogP contribution in [-0.4, -0.2) is 23.5 Å². The lowest BCUT2D eigenvalue weighted by Gasteiger charge is -2.12. The van der Waals surface area contributed by atoms with Crippen LogP contribution in [0.15, 0.2) is 71.2 Å².